The summed E-state index contributed by atoms with van der Waals surface area (Å²) in [5, 5.41) is 0. The van der Waals surface area contributed by atoms with Crippen LogP contribution in [-0.2, 0) is 16.1 Å². The maximum absolute atomic E-state index is 13.2. The van der Waals surface area contributed by atoms with E-state index in [4.69, 9.17) is 4.74 Å². The quantitative estimate of drug-likeness (QED) is 0.327. The highest BCUT2D eigenvalue weighted by Crippen LogP contribution is 2.31. The first-order valence-electron chi connectivity index (χ1n) is 11.4. The molecule has 0 unspecified atom stereocenters. The summed E-state index contributed by atoms with van der Waals surface area (Å²) in [5.41, 5.74) is 5.29. The van der Waals surface area contributed by atoms with E-state index in [9.17, 15) is 9.59 Å². The summed E-state index contributed by atoms with van der Waals surface area (Å²) in [7, 11) is 0. The lowest BCUT2D eigenvalue weighted by Crippen LogP contribution is -2.23. The van der Waals surface area contributed by atoms with Crippen molar-refractivity contribution in [2.45, 2.75) is 25.5 Å². The molecule has 34 heavy (non-hydrogen) atoms. The van der Waals surface area contributed by atoms with Crippen LogP contribution >= 0.6 is 0 Å². The molecule has 0 aliphatic carbocycles. The zero-order valence-electron chi connectivity index (χ0n) is 18.9. The molecule has 0 saturated heterocycles. The maximum Gasteiger partial charge on any atom is 0.314 e. The summed E-state index contributed by atoms with van der Waals surface area (Å²) in [5.74, 6) is -0.741. The molecule has 1 atom stereocenters. The Morgan fingerprint density at radius 1 is 0.735 bits per heavy atom. The van der Waals surface area contributed by atoms with Gasteiger partial charge in [0.25, 0.3) is 5.91 Å². The first-order valence-corrected chi connectivity index (χ1v) is 11.4. The monoisotopic (exact) mass is 447 g/mol. The number of carbonyl (C=O) groups is 2. The molecule has 4 heteroatoms. The lowest BCUT2D eigenvalue weighted by Gasteiger charge is -2.22. The molecule has 5 rings (SSSR count). The van der Waals surface area contributed by atoms with Gasteiger partial charge in [0.05, 0.1) is 12.5 Å². The van der Waals surface area contributed by atoms with E-state index < -0.39 is 12.0 Å². The van der Waals surface area contributed by atoms with Gasteiger partial charge in [-0.25, -0.2) is 0 Å². The minimum Gasteiger partial charge on any atom is -0.452 e. The van der Waals surface area contributed by atoms with Crippen LogP contribution in [0.1, 0.15) is 51.6 Å². The third-order valence-corrected chi connectivity index (χ3v) is 6.32. The molecular weight excluding hydrogens is 422 g/mol. The molecule has 0 saturated carbocycles. The standard InChI is InChI=1S/C30H25NO3/c1-21(30(33)34-28(23-10-4-2-5-11-23)24-12-6-3-7-13-24)22-16-18-26(19-17-22)31-20-25-14-8-9-15-27(25)29(31)32/h2-19,21,28H,20H2,1H3/t21-/m1/s1. The van der Waals surface area contributed by atoms with Gasteiger partial charge in [-0.05, 0) is 47.4 Å². The average Bonchev–Trinajstić information content (AvgIpc) is 3.24. The normalized spacial score (nSPS) is 13.6. The number of fused-ring (bicyclic) bond motifs is 1. The van der Waals surface area contributed by atoms with Crippen LogP contribution in [0.3, 0.4) is 0 Å². The van der Waals surface area contributed by atoms with Crippen LogP contribution in [0.2, 0.25) is 0 Å². The highest BCUT2D eigenvalue weighted by atomic mass is 16.5. The minimum absolute atomic E-state index is 0.00405. The Labute approximate surface area is 199 Å². The van der Waals surface area contributed by atoms with Gasteiger partial charge in [0.2, 0.25) is 0 Å². The average molecular weight is 448 g/mol. The fraction of sp³-hybridized carbons (Fsp3) is 0.133. The van der Waals surface area contributed by atoms with Crippen molar-refractivity contribution in [2.24, 2.45) is 0 Å². The summed E-state index contributed by atoms with van der Waals surface area (Å²) in [6.07, 6.45) is -0.475. The number of ether oxygens (including phenoxy) is 1. The number of carbonyl (C=O) groups excluding carboxylic acids is 2. The van der Waals surface area contributed by atoms with Gasteiger partial charge in [-0.1, -0.05) is 91.0 Å². The lowest BCUT2D eigenvalue weighted by molar-refractivity contribution is -0.149. The molecule has 0 aromatic heterocycles. The first kappa shape index (κ1) is 21.7. The number of hydrogen-bond donors (Lipinski definition) is 0. The van der Waals surface area contributed by atoms with Crippen LogP contribution in [0.25, 0.3) is 0 Å². The first-order chi connectivity index (χ1) is 16.6. The van der Waals surface area contributed by atoms with Crippen LogP contribution in [0.4, 0.5) is 5.69 Å². The van der Waals surface area contributed by atoms with E-state index in [1.165, 1.54) is 0 Å². The second-order valence-electron chi connectivity index (χ2n) is 8.50. The Bertz CT molecular complexity index is 1260. The topological polar surface area (TPSA) is 46.6 Å². The third kappa shape index (κ3) is 4.23. The SMILES string of the molecule is C[C@@H](C(=O)OC(c1ccccc1)c1ccccc1)c1ccc(N2Cc3ccccc3C2=O)cc1. The van der Waals surface area contributed by atoms with Gasteiger partial charge >= 0.3 is 5.97 Å². The number of hydrogen-bond acceptors (Lipinski definition) is 3. The van der Waals surface area contributed by atoms with Crippen LogP contribution in [0, 0.1) is 0 Å². The van der Waals surface area contributed by atoms with E-state index in [1.54, 1.807) is 4.90 Å². The highest BCUT2D eigenvalue weighted by molar-refractivity contribution is 6.10. The van der Waals surface area contributed by atoms with Crippen molar-refractivity contribution in [3.63, 3.8) is 0 Å². The minimum atomic E-state index is -0.475. The second-order valence-corrected chi connectivity index (χ2v) is 8.50. The van der Waals surface area contributed by atoms with Gasteiger partial charge in [0, 0.05) is 11.3 Å². The van der Waals surface area contributed by atoms with Crippen molar-refractivity contribution in [2.75, 3.05) is 4.90 Å². The predicted octanol–water partition coefficient (Wildman–Crippen LogP) is 6.28. The Balaban J connectivity index is 1.33. The van der Waals surface area contributed by atoms with Crippen LogP contribution in [-0.4, -0.2) is 11.9 Å². The Morgan fingerprint density at radius 2 is 1.29 bits per heavy atom. The predicted molar refractivity (Wildman–Crippen MR) is 133 cm³/mol. The molecule has 0 spiro atoms. The molecule has 1 heterocycles. The van der Waals surface area contributed by atoms with Gasteiger partial charge in [-0.2, -0.15) is 0 Å². The van der Waals surface area contributed by atoms with Gasteiger partial charge in [-0.3, -0.25) is 9.59 Å². The molecule has 1 amide bonds. The molecule has 0 N–H and O–H groups in total. The number of anilines is 1. The van der Waals surface area contributed by atoms with E-state index in [0.29, 0.717) is 6.54 Å². The van der Waals surface area contributed by atoms with E-state index in [1.807, 2.05) is 116 Å². The van der Waals surface area contributed by atoms with Crippen molar-refractivity contribution < 1.29 is 14.3 Å². The summed E-state index contributed by atoms with van der Waals surface area (Å²) in [6.45, 7) is 2.41. The van der Waals surface area contributed by atoms with Crippen molar-refractivity contribution in [3.8, 4) is 0 Å². The van der Waals surface area contributed by atoms with Crippen LogP contribution < -0.4 is 4.90 Å². The van der Waals surface area contributed by atoms with E-state index in [0.717, 1.165) is 33.5 Å². The summed E-state index contributed by atoms with van der Waals surface area (Å²) in [4.78, 5) is 27.7. The zero-order chi connectivity index (χ0) is 23.5. The molecule has 1 aliphatic rings. The Hall–Kier alpha value is -4.18. The molecule has 1 aliphatic heterocycles. The number of esters is 1. The van der Waals surface area contributed by atoms with Gasteiger partial charge in [0.15, 0.2) is 6.10 Å². The van der Waals surface area contributed by atoms with Crippen molar-refractivity contribution in [1.82, 2.24) is 0 Å². The molecule has 168 valence electrons. The Morgan fingerprint density at radius 3 is 1.88 bits per heavy atom. The number of amides is 1. The summed E-state index contributed by atoms with van der Waals surface area (Å²) in [6, 6.07) is 34.8. The lowest BCUT2D eigenvalue weighted by atomic mass is 9.99. The van der Waals surface area contributed by atoms with Gasteiger partial charge in [0.1, 0.15) is 0 Å². The van der Waals surface area contributed by atoms with Crippen molar-refractivity contribution >= 4 is 17.6 Å². The van der Waals surface area contributed by atoms with Crippen LogP contribution in [0.5, 0.6) is 0 Å². The summed E-state index contributed by atoms with van der Waals surface area (Å²) >= 11 is 0. The fourth-order valence-corrected chi connectivity index (χ4v) is 4.34. The molecule has 4 aromatic rings. The van der Waals surface area contributed by atoms with Crippen molar-refractivity contribution in [1.29, 1.82) is 0 Å². The third-order valence-electron chi connectivity index (χ3n) is 6.32. The molecule has 0 fully saturated rings. The van der Waals surface area contributed by atoms with E-state index in [-0.39, 0.29) is 11.9 Å². The summed E-state index contributed by atoms with van der Waals surface area (Å²) < 4.78 is 6.02. The molecule has 0 bridgehead atoms. The van der Waals surface area contributed by atoms with Crippen LogP contribution in [0.15, 0.2) is 109 Å². The highest BCUT2D eigenvalue weighted by Gasteiger charge is 2.28. The zero-order valence-corrected chi connectivity index (χ0v) is 18.9. The fourth-order valence-electron chi connectivity index (χ4n) is 4.34. The Kier molecular flexibility index (Phi) is 5.96. The molecule has 4 nitrogen and oxygen atoms in total. The molecule has 0 radical (unpaired) electrons. The molecule has 4 aromatic carbocycles. The van der Waals surface area contributed by atoms with E-state index >= 15 is 0 Å². The smallest absolute Gasteiger partial charge is 0.314 e. The number of nitrogens with zero attached hydrogens (tertiary/aromatic N) is 1. The largest absolute Gasteiger partial charge is 0.452 e. The van der Waals surface area contributed by atoms with Crippen molar-refractivity contribution in [3.05, 3.63) is 137 Å². The maximum atomic E-state index is 13.2. The van der Waals surface area contributed by atoms with Gasteiger partial charge in [-0.15, -0.1) is 0 Å². The number of rotatable bonds is 6. The second kappa shape index (κ2) is 9.36. The van der Waals surface area contributed by atoms with Gasteiger partial charge < -0.3 is 9.64 Å². The number of benzene rings is 4. The molecular formula is C30H25NO3. The van der Waals surface area contributed by atoms with E-state index in [2.05, 4.69) is 0 Å².